The van der Waals surface area contributed by atoms with E-state index in [9.17, 15) is 14.4 Å². The van der Waals surface area contributed by atoms with E-state index in [0.29, 0.717) is 6.42 Å². The van der Waals surface area contributed by atoms with Crippen LogP contribution < -0.4 is 5.32 Å². The molecule has 0 saturated carbocycles. The van der Waals surface area contributed by atoms with Crippen LogP contribution in [0.1, 0.15) is 33.6 Å². The fourth-order valence-corrected chi connectivity index (χ4v) is 2.79. The largest absolute Gasteiger partial charge is 0.469 e. The molecule has 0 aliphatic carbocycles. The van der Waals surface area contributed by atoms with Gasteiger partial charge in [-0.2, -0.15) is 0 Å². The highest BCUT2D eigenvalue weighted by atomic mass is 16.6. The van der Waals surface area contributed by atoms with E-state index >= 15 is 0 Å². The molecule has 0 aromatic carbocycles. The van der Waals surface area contributed by atoms with Crippen LogP contribution in [-0.4, -0.2) is 50.3 Å². The fraction of sp³-hybridized carbons (Fsp3) is 0.800. The molecule has 126 valence electrons. The highest BCUT2D eigenvalue weighted by molar-refractivity contribution is 5.79. The van der Waals surface area contributed by atoms with E-state index < -0.39 is 30.1 Å². The molecule has 1 heterocycles. The van der Waals surface area contributed by atoms with Gasteiger partial charge in [-0.25, -0.2) is 4.79 Å². The zero-order valence-corrected chi connectivity index (χ0v) is 13.8. The van der Waals surface area contributed by atoms with Crippen molar-refractivity contribution >= 4 is 17.8 Å². The van der Waals surface area contributed by atoms with E-state index in [1.165, 1.54) is 21.1 Å². The second-order valence-corrected chi connectivity index (χ2v) is 5.91. The Morgan fingerprint density at radius 2 is 1.77 bits per heavy atom. The first-order chi connectivity index (χ1) is 10.3. The molecule has 1 amide bonds. The maximum absolute atomic E-state index is 12.0. The van der Waals surface area contributed by atoms with Gasteiger partial charge in [-0.1, -0.05) is 13.8 Å². The van der Waals surface area contributed by atoms with Gasteiger partial charge in [0.15, 0.2) is 6.10 Å². The number of carbonyl (C=O) groups is 3. The van der Waals surface area contributed by atoms with Crippen LogP contribution >= 0.6 is 0 Å². The zero-order chi connectivity index (χ0) is 16.9. The van der Waals surface area contributed by atoms with Gasteiger partial charge in [0.2, 0.25) is 5.91 Å². The van der Waals surface area contributed by atoms with E-state index in [-0.39, 0.29) is 24.3 Å². The predicted octanol–water partition coefficient (Wildman–Crippen LogP) is 0.657. The van der Waals surface area contributed by atoms with Crippen molar-refractivity contribution in [3.63, 3.8) is 0 Å². The third-order valence-corrected chi connectivity index (χ3v) is 3.66. The van der Waals surface area contributed by atoms with Gasteiger partial charge in [0.05, 0.1) is 32.3 Å². The number of esters is 2. The Morgan fingerprint density at radius 1 is 1.18 bits per heavy atom. The molecule has 0 spiro atoms. The van der Waals surface area contributed by atoms with Crippen molar-refractivity contribution in [1.29, 1.82) is 0 Å². The van der Waals surface area contributed by atoms with Gasteiger partial charge in [-0.05, 0) is 12.3 Å². The van der Waals surface area contributed by atoms with Crippen LogP contribution in [0.25, 0.3) is 0 Å². The molecule has 1 aliphatic heterocycles. The van der Waals surface area contributed by atoms with Crippen molar-refractivity contribution in [2.24, 2.45) is 11.8 Å². The number of carbonyl (C=O) groups excluding carboxylic acids is 3. The molecule has 1 N–H and O–H groups in total. The van der Waals surface area contributed by atoms with E-state index in [4.69, 9.17) is 9.47 Å². The molecule has 7 heteroatoms. The minimum absolute atomic E-state index is 0.193. The van der Waals surface area contributed by atoms with E-state index in [0.717, 1.165) is 0 Å². The molecule has 7 nitrogen and oxygen atoms in total. The average Bonchev–Trinajstić information content (AvgIpc) is 2.89. The maximum Gasteiger partial charge on any atom is 0.335 e. The Hall–Kier alpha value is -1.63. The number of methoxy groups -OCH3 is 2. The van der Waals surface area contributed by atoms with Crippen molar-refractivity contribution in [3.8, 4) is 0 Å². The number of ether oxygens (including phenoxy) is 3. The topological polar surface area (TPSA) is 90.9 Å². The van der Waals surface area contributed by atoms with Crippen LogP contribution in [0.2, 0.25) is 0 Å². The molecule has 1 saturated heterocycles. The molecular formula is C15H25NO6. The van der Waals surface area contributed by atoms with E-state index in [1.54, 1.807) is 0 Å². The van der Waals surface area contributed by atoms with Gasteiger partial charge < -0.3 is 19.5 Å². The summed E-state index contributed by atoms with van der Waals surface area (Å²) in [6.07, 6.45) is -0.602. The summed E-state index contributed by atoms with van der Waals surface area (Å²) in [6, 6.07) is -0.365. The lowest BCUT2D eigenvalue weighted by atomic mass is 9.89. The lowest BCUT2D eigenvalue weighted by Gasteiger charge is -2.28. The third-order valence-electron chi connectivity index (χ3n) is 3.66. The van der Waals surface area contributed by atoms with Crippen LogP contribution in [0.15, 0.2) is 0 Å². The summed E-state index contributed by atoms with van der Waals surface area (Å²) in [6.45, 7) is 5.43. The summed E-state index contributed by atoms with van der Waals surface area (Å²) in [5, 5.41) is 2.82. The molecule has 1 fully saturated rings. The molecule has 0 unspecified atom stereocenters. The Labute approximate surface area is 130 Å². The minimum Gasteiger partial charge on any atom is -0.469 e. The van der Waals surface area contributed by atoms with Crippen molar-refractivity contribution in [3.05, 3.63) is 0 Å². The Kier molecular flexibility index (Phi) is 6.80. The number of hydrogen-bond acceptors (Lipinski definition) is 6. The van der Waals surface area contributed by atoms with Gasteiger partial charge in [0, 0.05) is 13.3 Å². The first kappa shape index (κ1) is 18.4. The van der Waals surface area contributed by atoms with Crippen LogP contribution in [0, 0.1) is 11.8 Å². The first-order valence-corrected chi connectivity index (χ1v) is 7.38. The van der Waals surface area contributed by atoms with Crippen LogP contribution in [0.3, 0.4) is 0 Å². The van der Waals surface area contributed by atoms with Crippen molar-refractivity contribution in [1.82, 2.24) is 5.32 Å². The molecular weight excluding hydrogens is 290 g/mol. The highest BCUT2D eigenvalue weighted by Gasteiger charge is 2.47. The van der Waals surface area contributed by atoms with Crippen molar-refractivity contribution in [2.75, 3.05) is 14.2 Å². The standard InChI is InChI=1S/C15H25NO6/c1-8(2)6-11(16-9(3)17)13-10(14(18)20-4)7-12(22-13)15(19)21-5/h8,10-13H,6-7H2,1-5H3,(H,16,17)/t10-,11+,12-,13-/m1/s1. The van der Waals surface area contributed by atoms with Gasteiger partial charge in [0.25, 0.3) is 0 Å². The normalized spacial score (nSPS) is 25.6. The lowest BCUT2D eigenvalue weighted by molar-refractivity contribution is -0.155. The van der Waals surface area contributed by atoms with Crippen LogP contribution in [0.4, 0.5) is 0 Å². The SMILES string of the molecule is COC(=O)[C@H]1C[C@@H](C(=O)OC)[C@H]([C@H](CC(C)C)NC(C)=O)O1. The Bertz CT molecular complexity index is 422. The Balaban J connectivity index is 2.98. The number of amides is 1. The van der Waals surface area contributed by atoms with E-state index in [2.05, 4.69) is 10.1 Å². The van der Waals surface area contributed by atoms with Crippen LogP contribution in [0.5, 0.6) is 0 Å². The van der Waals surface area contributed by atoms with Crippen LogP contribution in [-0.2, 0) is 28.6 Å². The van der Waals surface area contributed by atoms with E-state index in [1.807, 2.05) is 13.8 Å². The molecule has 1 rings (SSSR count). The van der Waals surface area contributed by atoms with Crippen molar-refractivity contribution in [2.45, 2.75) is 51.9 Å². The smallest absolute Gasteiger partial charge is 0.335 e. The van der Waals surface area contributed by atoms with Gasteiger partial charge in [-0.15, -0.1) is 0 Å². The van der Waals surface area contributed by atoms with Gasteiger partial charge in [0.1, 0.15) is 0 Å². The highest BCUT2D eigenvalue weighted by Crippen LogP contribution is 2.32. The zero-order valence-electron chi connectivity index (χ0n) is 13.8. The number of nitrogens with one attached hydrogen (secondary N) is 1. The summed E-state index contributed by atoms with van der Waals surface area (Å²) >= 11 is 0. The molecule has 4 atom stereocenters. The fourth-order valence-electron chi connectivity index (χ4n) is 2.79. The Morgan fingerprint density at radius 3 is 2.23 bits per heavy atom. The first-order valence-electron chi connectivity index (χ1n) is 7.38. The summed E-state index contributed by atoms with van der Waals surface area (Å²) in [4.78, 5) is 35.1. The molecule has 0 bridgehead atoms. The predicted molar refractivity (Wildman–Crippen MR) is 77.9 cm³/mol. The summed E-state index contributed by atoms with van der Waals surface area (Å²) in [7, 11) is 2.56. The van der Waals surface area contributed by atoms with Gasteiger partial charge >= 0.3 is 11.9 Å². The molecule has 22 heavy (non-hydrogen) atoms. The maximum atomic E-state index is 12.0. The lowest BCUT2D eigenvalue weighted by Crippen LogP contribution is -2.47. The third kappa shape index (κ3) is 4.69. The average molecular weight is 315 g/mol. The summed E-state index contributed by atoms with van der Waals surface area (Å²) in [5.74, 6) is -1.50. The molecule has 0 aromatic rings. The monoisotopic (exact) mass is 315 g/mol. The van der Waals surface area contributed by atoms with Crippen molar-refractivity contribution < 1.29 is 28.6 Å². The number of rotatable bonds is 6. The second-order valence-electron chi connectivity index (χ2n) is 5.91. The summed E-state index contributed by atoms with van der Waals surface area (Å²) in [5.41, 5.74) is 0. The summed E-state index contributed by atoms with van der Waals surface area (Å²) < 4.78 is 15.2. The molecule has 0 aromatic heterocycles. The minimum atomic E-state index is -0.817. The van der Waals surface area contributed by atoms with Gasteiger partial charge in [-0.3, -0.25) is 9.59 Å². The molecule has 1 aliphatic rings. The number of hydrogen-bond donors (Lipinski definition) is 1. The molecule has 0 radical (unpaired) electrons. The second kappa shape index (κ2) is 8.12. The quantitative estimate of drug-likeness (QED) is 0.724.